The van der Waals surface area contributed by atoms with E-state index in [0.717, 1.165) is 25.0 Å². The molecule has 0 aliphatic rings. The smallest absolute Gasteiger partial charge is 0.122 e. The Labute approximate surface area is 130 Å². The fourth-order valence-corrected chi connectivity index (χ4v) is 3.66. The molecule has 20 heavy (non-hydrogen) atoms. The SMILES string of the molecule is CCc1ccc(CC(CCl)Cc2ccccc2OC)s1. The molecule has 0 aliphatic carbocycles. The molecule has 108 valence electrons. The summed E-state index contributed by atoms with van der Waals surface area (Å²) in [6, 6.07) is 12.7. The van der Waals surface area contributed by atoms with Crippen LogP contribution in [0, 0.1) is 5.92 Å². The zero-order valence-electron chi connectivity index (χ0n) is 12.1. The molecule has 0 radical (unpaired) electrons. The Kier molecular flexibility index (Phi) is 5.93. The van der Waals surface area contributed by atoms with Crippen molar-refractivity contribution >= 4 is 22.9 Å². The third-order valence-corrected chi connectivity index (χ3v) is 5.16. The molecule has 3 heteroatoms. The van der Waals surface area contributed by atoms with Crippen LogP contribution in [0.1, 0.15) is 22.2 Å². The van der Waals surface area contributed by atoms with E-state index in [4.69, 9.17) is 16.3 Å². The van der Waals surface area contributed by atoms with Crippen LogP contribution in [0.4, 0.5) is 0 Å². The van der Waals surface area contributed by atoms with Crippen LogP contribution in [0.2, 0.25) is 0 Å². The van der Waals surface area contributed by atoms with Crippen LogP contribution in [0.5, 0.6) is 5.75 Å². The van der Waals surface area contributed by atoms with E-state index in [0.29, 0.717) is 11.8 Å². The predicted octanol–water partition coefficient (Wildman–Crippen LogP) is 4.96. The van der Waals surface area contributed by atoms with Gasteiger partial charge in [0.25, 0.3) is 0 Å². The second-order valence-electron chi connectivity index (χ2n) is 4.96. The third-order valence-electron chi connectivity index (χ3n) is 3.47. The lowest BCUT2D eigenvalue weighted by Crippen LogP contribution is -2.10. The summed E-state index contributed by atoms with van der Waals surface area (Å²) in [4.78, 5) is 2.88. The van der Waals surface area contributed by atoms with Crippen LogP contribution in [0.3, 0.4) is 0 Å². The summed E-state index contributed by atoms with van der Waals surface area (Å²) >= 11 is 8.07. The molecule has 0 fully saturated rings. The molecule has 1 aromatic heterocycles. The number of benzene rings is 1. The lowest BCUT2D eigenvalue weighted by Gasteiger charge is -2.15. The standard InChI is InChI=1S/C17H21ClOS/c1-3-15-8-9-16(20-15)11-13(12-18)10-14-6-4-5-7-17(14)19-2/h4-9,13H,3,10-12H2,1-2H3. The van der Waals surface area contributed by atoms with Gasteiger partial charge in [0.1, 0.15) is 5.75 Å². The Hall–Kier alpha value is -0.990. The van der Waals surface area contributed by atoms with E-state index >= 15 is 0 Å². The van der Waals surface area contributed by atoms with Gasteiger partial charge >= 0.3 is 0 Å². The molecule has 1 unspecified atom stereocenters. The molecular weight excluding hydrogens is 288 g/mol. The zero-order chi connectivity index (χ0) is 14.4. The van der Waals surface area contributed by atoms with Crippen molar-refractivity contribution < 1.29 is 4.74 Å². The van der Waals surface area contributed by atoms with E-state index in [2.05, 4.69) is 31.2 Å². The minimum absolute atomic E-state index is 0.455. The van der Waals surface area contributed by atoms with Crippen molar-refractivity contribution in [3.63, 3.8) is 0 Å². The van der Waals surface area contributed by atoms with E-state index in [1.165, 1.54) is 15.3 Å². The number of rotatable bonds is 7. The van der Waals surface area contributed by atoms with E-state index in [1.54, 1.807) is 7.11 Å². The van der Waals surface area contributed by atoms with Gasteiger partial charge in [0.15, 0.2) is 0 Å². The summed E-state index contributed by atoms with van der Waals surface area (Å²) in [5.74, 6) is 2.09. The normalized spacial score (nSPS) is 12.3. The summed E-state index contributed by atoms with van der Waals surface area (Å²) < 4.78 is 5.42. The second kappa shape index (κ2) is 7.70. The Balaban J connectivity index is 2.05. The number of halogens is 1. The Morgan fingerprint density at radius 2 is 1.85 bits per heavy atom. The van der Waals surface area contributed by atoms with Gasteiger partial charge in [-0.15, -0.1) is 22.9 Å². The molecule has 0 saturated carbocycles. The third kappa shape index (κ3) is 4.00. The number of alkyl halides is 1. The molecule has 1 atom stereocenters. The van der Waals surface area contributed by atoms with Gasteiger partial charge in [-0.25, -0.2) is 0 Å². The van der Waals surface area contributed by atoms with Gasteiger partial charge in [-0.2, -0.15) is 0 Å². The van der Waals surface area contributed by atoms with Crippen molar-refractivity contribution in [2.24, 2.45) is 5.92 Å². The number of ether oxygens (including phenoxy) is 1. The van der Waals surface area contributed by atoms with Gasteiger partial charge in [0, 0.05) is 15.6 Å². The number of aryl methyl sites for hydroxylation is 1. The molecule has 1 nitrogen and oxygen atoms in total. The van der Waals surface area contributed by atoms with Gasteiger partial charge in [-0.3, -0.25) is 0 Å². The number of para-hydroxylation sites is 1. The first-order valence-electron chi connectivity index (χ1n) is 7.02. The minimum Gasteiger partial charge on any atom is -0.496 e. The van der Waals surface area contributed by atoms with Gasteiger partial charge in [-0.05, 0) is 48.9 Å². The lowest BCUT2D eigenvalue weighted by atomic mass is 9.96. The molecule has 0 N–H and O–H groups in total. The van der Waals surface area contributed by atoms with Crippen molar-refractivity contribution in [2.45, 2.75) is 26.2 Å². The number of methoxy groups -OCH3 is 1. The molecular formula is C17H21ClOS. The fourth-order valence-electron chi connectivity index (χ4n) is 2.37. The van der Waals surface area contributed by atoms with Crippen molar-refractivity contribution in [1.82, 2.24) is 0 Å². The average Bonchev–Trinajstić information content (AvgIpc) is 2.94. The van der Waals surface area contributed by atoms with Crippen LogP contribution in [0.15, 0.2) is 36.4 Å². The second-order valence-corrected chi connectivity index (χ2v) is 6.52. The molecule has 0 bridgehead atoms. The summed E-state index contributed by atoms with van der Waals surface area (Å²) in [6.07, 6.45) is 3.13. The lowest BCUT2D eigenvalue weighted by molar-refractivity contribution is 0.405. The van der Waals surface area contributed by atoms with Crippen LogP contribution in [0.25, 0.3) is 0 Å². The first kappa shape index (κ1) is 15.4. The highest BCUT2D eigenvalue weighted by Crippen LogP contribution is 2.26. The first-order valence-corrected chi connectivity index (χ1v) is 8.37. The molecule has 0 spiro atoms. The maximum Gasteiger partial charge on any atom is 0.122 e. The Morgan fingerprint density at radius 1 is 1.10 bits per heavy atom. The maximum absolute atomic E-state index is 6.17. The number of thiophene rings is 1. The van der Waals surface area contributed by atoms with Crippen molar-refractivity contribution in [3.8, 4) is 5.75 Å². The maximum atomic E-state index is 6.17. The first-order chi connectivity index (χ1) is 9.76. The van der Waals surface area contributed by atoms with Crippen LogP contribution in [-0.4, -0.2) is 13.0 Å². The highest BCUT2D eigenvalue weighted by atomic mass is 35.5. The van der Waals surface area contributed by atoms with Crippen molar-refractivity contribution in [3.05, 3.63) is 51.7 Å². The number of hydrogen-bond acceptors (Lipinski definition) is 2. The fraction of sp³-hybridized carbons (Fsp3) is 0.412. The van der Waals surface area contributed by atoms with Crippen molar-refractivity contribution in [2.75, 3.05) is 13.0 Å². The molecule has 0 amide bonds. The minimum atomic E-state index is 0.455. The van der Waals surface area contributed by atoms with Gasteiger partial charge in [0.2, 0.25) is 0 Å². The molecule has 1 heterocycles. The molecule has 0 saturated heterocycles. The highest BCUT2D eigenvalue weighted by Gasteiger charge is 2.13. The molecule has 2 aromatic rings. The summed E-state index contributed by atoms with van der Waals surface area (Å²) in [7, 11) is 1.72. The number of hydrogen-bond donors (Lipinski definition) is 0. The van der Waals surface area contributed by atoms with Crippen molar-refractivity contribution in [1.29, 1.82) is 0 Å². The van der Waals surface area contributed by atoms with E-state index in [-0.39, 0.29) is 0 Å². The monoisotopic (exact) mass is 308 g/mol. The van der Waals surface area contributed by atoms with Crippen LogP contribution >= 0.6 is 22.9 Å². The molecule has 0 aliphatic heterocycles. The van der Waals surface area contributed by atoms with Crippen LogP contribution < -0.4 is 4.74 Å². The Bertz CT molecular complexity index is 535. The Morgan fingerprint density at radius 3 is 2.50 bits per heavy atom. The van der Waals surface area contributed by atoms with Gasteiger partial charge in [0.05, 0.1) is 7.11 Å². The summed E-state index contributed by atoms with van der Waals surface area (Å²) in [5, 5.41) is 0. The van der Waals surface area contributed by atoms with Gasteiger partial charge in [-0.1, -0.05) is 25.1 Å². The quantitative estimate of drug-likeness (QED) is 0.657. The van der Waals surface area contributed by atoms with E-state index < -0.39 is 0 Å². The average molecular weight is 309 g/mol. The summed E-state index contributed by atoms with van der Waals surface area (Å²) in [6.45, 7) is 2.20. The summed E-state index contributed by atoms with van der Waals surface area (Å²) in [5.41, 5.74) is 1.24. The van der Waals surface area contributed by atoms with E-state index in [9.17, 15) is 0 Å². The largest absolute Gasteiger partial charge is 0.496 e. The predicted molar refractivity (Wildman–Crippen MR) is 88.3 cm³/mol. The highest BCUT2D eigenvalue weighted by molar-refractivity contribution is 7.11. The zero-order valence-corrected chi connectivity index (χ0v) is 13.6. The molecule has 2 rings (SSSR count). The van der Waals surface area contributed by atoms with Gasteiger partial charge < -0.3 is 4.74 Å². The molecule has 1 aromatic carbocycles. The van der Waals surface area contributed by atoms with Crippen LogP contribution in [-0.2, 0) is 19.3 Å². The van der Waals surface area contributed by atoms with E-state index in [1.807, 2.05) is 23.5 Å². The topological polar surface area (TPSA) is 9.23 Å².